The maximum absolute atomic E-state index is 12.3. The molecule has 0 spiro atoms. The molecule has 1 N–H and O–H groups in total. The average molecular weight is 391 g/mol. The van der Waals surface area contributed by atoms with Crippen molar-refractivity contribution in [3.8, 4) is 17.2 Å². The maximum Gasteiger partial charge on any atom is 0.271 e. The van der Waals surface area contributed by atoms with Gasteiger partial charge in [0.05, 0.1) is 31.6 Å². The molecule has 6 nitrogen and oxygen atoms in total. The molecular formula is C20H23ClN2O4. The zero-order valence-electron chi connectivity index (χ0n) is 15.6. The van der Waals surface area contributed by atoms with Gasteiger partial charge in [-0.1, -0.05) is 18.5 Å². The van der Waals surface area contributed by atoms with Crippen molar-refractivity contribution in [1.29, 1.82) is 0 Å². The fraction of sp³-hybridized carbons (Fsp3) is 0.300. The lowest BCUT2D eigenvalue weighted by molar-refractivity contribution is 0.0954. The van der Waals surface area contributed by atoms with Crippen LogP contribution in [0.4, 0.5) is 0 Å². The lowest BCUT2D eigenvalue weighted by Crippen LogP contribution is -2.17. The van der Waals surface area contributed by atoms with Crippen molar-refractivity contribution < 1.29 is 19.0 Å². The van der Waals surface area contributed by atoms with Gasteiger partial charge < -0.3 is 14.2 Å². The van der Waals surface area contributed by atoms with Crippen molar-refractivity contribution in [1.82, 2.24) is 5.43 Å². The fourth-order valence-corrected chi connectivity index (χ4v) is 2.48. The molecule has 27 heavy (non-hydrogen) atoms. The Morgan fingerprint density at radius 2 is 1.89 bits per heavy atom. The average Bonchev–Trinajstić information content (AvgIpc) is 2.68. The smallest absolute Gasteiger partial charge is 0.271 e. The molecule has 0 aliphatic carbocycles. The van der Waals surface area contributed by atoms with Crippen molar-refractivity contribution in [3.63, 3.8) is 0 Å². The lowest BCUT2D eigenvalue weighted by Gasteiger charge is -2.11. The van der Waals surface area contributed by atoms with Crippen LogP contribution in [0.2, 0.25) is 5.02 Å². The van der Waals surface area contributed by atoms with E-state index in [0.29, 0.717) is 41.0 Å². The molecule has 2 aromatic carbocycles. The second-order valence-electron chi connectivity index (χ2n) is 5.54. The SMILES string of the molecule is CCCOc1ccc(C(=O)N/N=C/c2ccc(OCC)c(Cl)c2)cc1OC. The predicted octanol–water partition coefficient (Wildman–Crippen LogP) is 4.30. The van der Waals surface area contributed by atoms with Gasteiger partial charge in [-0.15, -0.1) is 0 Å². The van der Waals surface area contributed by atoms with Gasteiger partial charge in [-0.2, -0.15) is 5.10 Å². The lowest BCUT2D eigenvalue weighted by atomic mass is 10.2. The highest BCUT2D eigenvalue weighted by molar-refractivity contribution is 6.32. The molecule has 2 aromatic rings. The van der Waals surface area contributed by atoms with Crippen LogP contribution in [0.25, 0.3) is 0 Å². The molecule has 0 heterocycles. The highest BCUT2D eigenvalue weighted by atomic mass is 35.5. The highest BCUT2D eigenvalue weighted by Gasteiger charge is 2.10. The number of carbonyl (C=O) groups is 1. The molecule has 0 saturated heterocycles. The van der Waals surface area contributed by atoms with Crippen molar-refractivity contribution in [2.45, 2.75) is 20.3 Å². The van der Waals surface area contributed by atoms with Crippen LogP contribution >= 0.6 is 11.6 Å². The molecule has 144 valence electrons. The number of carbonyl (C=O) groups excluding carboxylic acids is 1. The Hall–Kier alpha value is -2.73. The molecule has 1 amide bonds. The van der Waals surface area contributed by atoms with E-state index in [2.05, 4.69) is 10.5 Å². The van der Waals surface area contributed by atoms with Gasteiger partial charge in [0.1, 0.15) is 5.75 Å². The van der Waals surface area contributed by atoms with E-state index in [0.717, 1.165) is 12.0 Å². The number of hydrogen-bond acceptors (Lipinski definition) is 5. The zero-order valence-corrected chi connectivity index (χ0v) is 16.4. The Balaban J connectivity index is 2.02. The largest absolute Gasteiger partial charge is 0.493 e. The van der Waals surface area contributed by atoms with E-state index in [1.165, 1.54) is 13.3 Å². The summed E-state index contributed by atoms with van der Waals surface area (Å²) in [7, 11) is 1.53. The minimum Gasteiger partial charge on any atom is -0.493 e. The first-order valence-corrected chi connectivity index (χ1v) is 9.03. The Labute approximate surface area is 164 Å². The van der Waals surface area contributed by atoms with E-state index >= 15 is 0 Å². The van der Waals surface area contributed by atoms with Crippen LogP contribution in [-0.4, -0.2) is 32.4 Å². The number of amides is 1. The minimum absolute atomic E-state index is 0.358. The number of hydrazone groups is 1. The number of nitrogens with zero attached hydrogens (tertiary/aromatic N) is 1. The summed E-state index contributed by atoms with van der Waals surface area (Å²) < 4.78 is 16.2. The molecular weight excluding hydrogens is 368 g/mol. The summed E-state index contributed by atoms with van der Waals surface area (Å²) in [5, 5.41) is 4.45. The van der Waals surface area contributed by atoms with Gasteiger partial charge in [-0.3, -0.25) is 4.79 Å². The molecule has 0 aromatic heterocycles. The number of nitrogens with one attached hydrogen (secondary N) is 1. The Kier molecular flexibility index (Phi) is 7.95. The van der Waals surface area contributed by atoms with Crippen LogP contribution < -0.4 is 19.6 Å². The molecule has 0 aliphatic heterocycles. The van der Waals surface area contributed by atoms with Crippen molar-refractivity contribution in [2.24, 2.45) is 5.10 Å². The number of hydrogen-bond donors (Lipinski definition) is 1. The van der Waals surface area contributed by atoms with E-state index in [4.69, 9.17) is 25.8 Å². The molecule has 0 bridgehead atoms. The summed E-state index contributed by atoms with van der Waals surface area (Å²) in [6.07, 6.45) is 2.39. The molecule has 0 saturated carbocycles. The van der Waals surface area contributed by atoms with Gasteiger partial charge in [-0.25, -0.2) is 5.43 Å². The Morgan fingerprint density at radius 3 is 2.56 bits per heavy atom. The molecule has 0 atom stereocenters. The van der Waals surface area contributed by atoms with Gasteiger partial charge >= 0.3 is 0 Å². The number of benzene rings is 2. The van der Waals surface area contributed by atoms with Gasteiger partial charge in [0.25, 0.3) is 5.91 Å². The Morgan fingerprint density at radius 1 is 1.11 bits per heavy atom. The first-order valence-electron chi connectivity index (χ1n) is 8.65. The van der Waals surface area contributed by atoms with Crippen LogP contribution in [0.15, 0.2) is 41.5 Å². The number of halogens is 1. The molecule has 7 heteroatoms. The standard InChI is InChI=1S/C20H23ClN2O4/c1-4-10-27-18-9-7-15(12-19(18)25-3)20(24)23-22-13-14-6-8-17(26-5-2)16(21)11-14/h6-9,11-13H,4-5,10H2,1-3H3,(H,23,24)/b22-13+. The highest BCUT2D eigenvalue weighted by Crippen LogP contribution is 2.28. The first kappa shape index (κ1) is 20.6. The third-order valence-electron chi connectivity index (χ3n) is 3.52. The van der Waals surface area contributed by atoms with Gasteiger partial charge in [0.2, 0.25) is 0 Å². The van der Waals surface area contributed by atoms with E-state index in [1.807, 2.05) is 13.8 Å². The zero-order chi connectivity index (χ0) is 19.6. The number of methoxy groups -OCH3 is 1. The van der Waals surface area contributed by atoms with Crippen molar-refractivity contribution in [3.05, 3.63) is 52.5 Å². The van der Waals surface area contributed by atoms with Gasteiger partial charge in [0.15, 0.2) is 11.5 Å². The van der Waals surface area contributed by atoms with Crippen molar-refractivity contribution in [2.75, 3.05) is 20.3 Å². The fourth-order valence-electron chi connectivity index (χ4n) is 2.24. The second-order valence-corrected chi connectivity index (χ2v) is 5.94. The minimum atomic E-state index is -0.358. The molecule has 0 unspecified atom stereocenters. The quantitative estimate of drug-likeness (QED) is 0.512. The predicted molar refractivity (Wildman–Crippen MR) is 106 cm³/mol. The normalized spacial score (nSPS) is 10.7. The van der Waals surface area contributed by atoms with Crippen LogP contribution in [0.1, 0.15) is 36.2 Å². The van der Waals surface area contributed by atoms with Crippen LogP contribution in [0, 0.1) is 0 Å². The topological polar surface area (TPSA) is 69.2 Å². The second kappa shape index (κ2) is 10.4. The number of ether oxygens (including phenoxy) is 3. The molecule has 0 aliphatic rings. The van der Waals surface area contributed by atoms with Crippen LogP contribution in [0.5, 0.6) is 17.2 Å². The first-order chi connectivity index (χ1) is 13.1. The van der Waals surface area contributed by atoms with Crippen LogP contribution in [0.3, 0.4) is 0 Å². The summed E-state index contributed by atoms with van der Waals surface area (Å²) in [4.78, 5) is 12.3. The summed E-state index contributed by atoms with van der Waals surface area (Å²) >= 11 is 6.13. The summed E-state index contributed by atoms with van der Waals surface area (Å²) in [6, 6.07) is 10.3. The monoisotopic (exact) mass is 390 g/mol. The third kappa shape index (κ3) is 5.89. The Bertz CT molecular complexity index is 809. The molecule has 0 fully saturated rings. The van der Waals surface area contributed by atoms with Crippen molar-refractivity contribution >= 4 is 23.7 Å². The number of rotatable bonds is 9. The van der Waals surface area contributed by atoms with Gasteiger partial charge in [0, 0.05) is 5.56 Å². The van der Waals surface area contributed by atoms with E-state index in [-0.39, 0.29) is 5.91 Å². The maximum atomic E-state index is 12.3. The van der Waals surface area contributed by atoms with Gasteiger partial charge in [-0.05, 0) is 55.3 Å². The summed E-state index contributed by atoms with van der Waals surface area (Å²) in [5.41, 5.74) is 3.64. The third-order valence-corrected chi connectivity index (χ3v) is 3.82. The van der Waals surface area contributed by atoms with E-state index in [9.17, 15) is 4.79 Å². The van der Waals surface area contributed by atoms with E-state index < -0.39 is 0 Å². The molecule has 2 rings (SSSR count). The van der Waals surface area contributed by atoms with Crippen LogP contribution in [-0.2, 0) is 0 Å². The summed E-state index contributed by atoms with van der Waals surface area (Å²) in [5.74, 6) is 1.35. The van der Waals surface area contributed by atoms with E-state index in [1.54, 1.807) is 36.4 Å². The molecule has 0 radical (unpaired) electrons. The summed E-state index contributed by atoms with van der Waals surface area (Å²) in [6.45, 7) is 5.02.